The molecule has 1 aromatic heterocycles. The molecule has 0 bridgehead atoms. The van der Waals surface area contributed by atoms with Gasteiger partial charge in [0.1, 0.15) is 0 Å². The predicted molar refractivity (Wildman–Crippen MR) is 116 cm³/mol. The second kappa shape index (κ2) is 8.31. The minimum Gasteiger partial charge on any atom is -0.378 e. The van der Waals surface area contributed by atoms with Crippen molar-refractivity contribution in [2.75, 3.05) is 19.0 Å². The molecular formula is C22H23ClN4O. The van der Waals surface area contributed by atoms with Crippen molar-refractivity contribution in [3.63, 3.8) is 0 Å². The maximum atomic E-state index is 12.4. The normalized spacial score (nSPS) is 11.0. The second-order valence-electron chi connectivity index (χ2n) is 6.78. The van der Waals surface area contributed by atoms with E-state index in [1.807, 2.05) is 81.4 Å². The molecule has 3 rings (SSSR count). The highest BCUT2D eigenvalue weighted by molar-refractivity contribution is 6.30. The molecular weight excluding hydrogens is 372 g/mol. The van der Waals surface area contributed by atoms with Crippen LogP contribution in [0.15, 0.2) is 59.7 Å². The van der Waals surface area contributed by atoms with Crippen LogP contribution in [0.3, 0.4) is 0 Å². The van der Waals surface area contributed by atoms with Crippen LogP contribution in [0.2, 0.25) is 5.02 Å². The van der Waals surface area contributed by atoms with Crippen LogP contribution < -0.4 is 10.3 Å². The number of carbonyl (C=O) groups excluding carboxylic acids is 1. The third-order valence-corrected chi connectivity index (χ3v) is 4.80. The Labute approximate surface area is 170 Å². The lowest BCUT2D eigenvalue weighted by atomic mass is 10.2. The van der Waals surface area contributed by atoms with Crippen LogP contribution in [0.25, 0.3) is 5.69 Å². The second-order valence-corrected chi connectivity index (χ2v) is 7.22. The fourth-order valence-corrected chi connectivity index (χ4v) is 3.18. The highest BCUT2D eigenvalue weighted by Gasteiger charge is 2.10. The summed E-state index contributed by atoms with van der Waals surface area (Å²) < 4.78 is 2.13. The van der Waals surface area contributed by atoms with Gasteiger partial charge in [0.2, 0.25) is 0 Å². The van der Waals surface area contributed by atoms with E-state index in [4.69, 9.17) is 11.6 Å². The van der Waals surface area contributed by atoms with E-state index in [0.717, 1.165) is 28.3 Å². The molecule has 0 fully saturated rings. The summed E-state index contributed by atoms with van der Waals surface area (Å²) in [5.74, 6) is -0.244. The zero-order chi connectivity index (χ0) is 20.3. The van der Waals surface area contributed by atoms with Crippen LogP contribution in [-0.4, -0.2) is 30.8 Å². The summed E-state index contributed by atoms with van der Waals surface area (Å²) in [7, 11) is 3.87. The zero-order valence-corrected chi connectivity index (χ0v) is 17.2. The van der Waals surface area contributed by atoms with Gasteiger partial charge < -0.3 is 9.47 Å². The molecule has 0 aliphatic rings. The number of amides is 1. The molecule has 1 heterocycles. The summed E-state index contributed by atoms with van der Waals surface area (Å²) in [5.41, 5.74) is 8.21. The number of carbonyl (C=O) groups is 1. The molecule has 0 atom stereocenters. The standard InChI is InChI=1S/C22H23ClN4O/c1-15-12-18(16(2)27(15)20-10-8-19(23)9-11-20)14-24-25-22(28)17-6-5-7-21(13-17)26(3)4/h5-14H,1-4H3,(H,25,28)/b24-14-. The lowest BCUT2D eigenvalue weighted by Crippen LogP contribution is -2.18. The molecule has 5 nitrogen and oxygen atoms in total. The van der Waals surface area contributed by atoms with E-state index in [-0.39, 0.29) is 5.91 Å². The molecule has 1 amide bonds. The van der Waals surface area contributed by atoms with Crippen LogP contribution in [0.1, 0.15) is 27.3 Å². The van der Waals surface area contributed by atoms with E-state index in [2.05, 4.69) is 15.1 Å². The molecule has 0 spiro atoms. The third kappa shape index (κ3) is 4.26. The molecule has 2 aromatic carbocycles. The zero-order valence-electron chi connectivity index (χ0n) is 16.4. The van der Waals surface area contributed by atoms with Gasteiger partial charge in [-0.25, -0.2) is 5.43 Å². The summed E-state index contributed by atoms with van der Waals surface area (Å²) in [6.45, 7) is 4.05. The number of hydrogen-bond donors (Lipinski definition) is 1. The molecule has 0 unspecified atom stereocenters. The Balaban J connectivity index is 1.76. The SMILES string of the molecule is Cc1cc(/C=N\NC(=O)c2cccc(N(C)C)c2)c(C)n1-c1ccc(Cl)cc1. The molecule has 28 heavy (non-hydrogen) atoms. The summed E-state index contributed by atoms with van der Waals surface area (Å²) in [5, 5.41) is 4.85. The predicted octanol–water partition coefficient (Wildman–Crippen LogP) is 4.58. The Morgan fingerprint density at radius 3 is 2.50 bits per heavy atom. The lowest BCUT2D eigenvalue weighted by Gasteiger charge is -2.12. The van der Waals surface area contributed by atoms with E-state index < -0.39 is 0 Å². The monoisotopic (exact) mass is 394 g/mol. The average Bonchev–Trinajstić information content (AvgIpc) is 2.96. The van der Waals surface area contributed by atoms with Crippen LogP contribution in [0, 0.1) is 13.8 Å². The van der Waals surface area contributed by atoms with Gasteiger partial charge in [-0.1, -0.05) is 17.7 Å². The number of aryl methyl sites for hydroxylation is 1. The number of halogens is 1. The Kier molecular flexibility index (Phi) is 5.85. The molecule has 6 heteroatoms. The summed E-state index contributed by atoms with van der Waals surface area (Å²) >= 11 is 5.99. The van der Waals surface area contributed by atoms with Crippen molar-refractivity contribution in [2.24, 2.45) is 5.10 Å². The van der Waals surface area contributed by atoms with Gasteiger partial charge in [-0.2, -0.15) is 5.10 Å². The quantitative estimate of drug-likeness (QED) is 0.508. The van der Waals surface area contributed by atoms with Gasteiger partial charge in [-0.3, -0.25) is 4.79 Å². The van der Waals surface area contributed by atoms with Gasteiger partial charge in [0, 0.05) is 53.0 Å². The summed E-state index contributed by atoms with van der Waals surface area (Å²) in [4.78, 5) is 14.3. The molecule has 0 aliphatic heterocycles. The van der Waals surface area contributed by atoms with Crippen molar-refractivity contribution in [3.05, 3.63) is 82.1 Å². The molecule has 0 saturated heterocycles. The number of anilines is 1. The first-order valence-electron chi connectivity index (χ1n) is 8.92. The van der Waals surface area contributed by atoms with Crippen LogP contribution >= 0.6 is 11.6 Å². The maximum absolute atomic E-state index is 12.4. The minimum absolute atomic E-state index is 0.244. The molecule has 3 aromatic rings. The van der Waals surface area contributed by atoms with Gasteiger partial charge in [0.15, 0.2) is 0 Å². The number of nitrogens with zero attached hydrogens (tertiary/aromatic N) is 3. The number of hydrazone groups is 1. The first kappa shape index (κ1) is 19.7. The van der Waals surface area contributed by atoms with Gasteiger partial charge in [-0.05, 0) is 62.4 Å². The van der Waals surface area contributed by atoms with Crippen molar-refractivity contribution in [1.82, 2.24) is 9.99 Å². The number of hydrogen-bond acceptors (Lipinski definition) is 3. The Bertz CT molecular complexity index is 1020. The van der Waals surface area contributed by atoms with E-state index in [9.17, 15) is 4.79 Å². The largest absolute Gasteiger partial charge is 0.378 e. The fraction of sp³-hybridized carbons (Fsp3) is 0.182. The van der Waals surface area contributed by atoms with Gasteiger partial charge >= 0.3 is 0 Å². The summed E-state index contributed by atoms with van der Waals surface area (Å²) in [6, 6.07) is 17.1. The maximum Gasteiger partial charge on any atom is 0.271 e. The molecule has 0 saturated carbocycles. The average molecular weight is 395 g/mol. The van der Waals surface area contributed by atoms with Gasteiger partial charge in [0.25, 0.3) is 5.91 Å². The molecule has 144 valence electrons. The Morgan fingerprint density at radius 1 is 1.11 bits per heavy atom. The van der Waals surface area contributed by atoms with Gasteiger partial charge in [-0.15, -0.1) is 0 Å². The summed E-state index contributed by atoms with van der Waals surface area (Å²) in [6.07, 6.45) is 1.67. The number of rotatable bonds is 5. The van der Waals surface area contributed by atoms with Crippen molar-refractivity contribution >= 4 is 29.4 Å². The van der Waals surface area contributed by atoms with Gasteiger partial charge in [0.05, 0.1) is 6.21 Å². The third-order valence-electron chi connectivity index (χ3n) is 4.55. The number of benzene rings is 2. The highest BCUT2D eigenvalue weighted by Crippen LogP contribution is 2.21. The number of aromatic nitrogens is 1. The van der Waals surface area contributed by atoms with E-state index in [1.165, 1.54) is 0 Å². The van der Waals surface area contributed by atoms with Crippen molar-refractivity contribution in [2.45, 2.75) is 13.8 Å². The Morgan fingerprint density at radius 2 is 1.82 bits per heavy atom. The van der Waals surface area contributed by atoms with E-state index >= 15 is 0 Å². The van der Waals surface area contributed by atoms with Crippen LogP contribution in [0.5, 0.6) is 0 Å². The smallest absolute Gasteiger partial charge is 0.271 e. The molecule has 0 radical (unpaired) electrons. The van der Waals surface area contributed by atoms with Crippen LogP contribution in [-0.2, 0) is 0 Å². The van der Waals surface area contributed by atoms with Crippen LogP contribution in [0.4, 0.5) is 5.69 Å². The molecule has 0 aliphatic carbocycles. The minimum atomic E-state index is -0.244. The first-order chi connectivity index (χ1) is 13.4. The number of nitrogens with one attached hydrogen (secondary N) is 1. The van der Waals surface area contributed by atoms with Crippen molar-refractivity contribution < 1.29 is 4.79 Å². The Hall–Kier alpha value is -3.05. The highest BCUT2D eigenvalue weighted by atomic mass is 35.5. The lowest BCUT2D eigenvalue weighted by molar-refractivity contribution is 0.0955. The fourth-order valence-electron chi connectivity index (χ4n) is 3.06. The topological polar surface area (TPSA) is 49.6 Å². The van der Waals surface area contributed by atoms with Crippen molar-refractivity contribution in [1.29, 1.82) is 0 Å². The molecule has 1 N–H and O–H groups in total. The van der Waals surface area contributed by atoms with E-state index in [0.29, 0.717) is 10.6 Å². The van der Waals surface area contributed by atoms with Crippen molar-refractivity contribution in [3.8, 4) is 5.69 Å². The van der Waals surface area contributed by atoms with E-state index in [1.54, 1.807) is 12.3 Å². The first-order valence-corrected chi connectivity index (χ1v) is 9.30.